The highest BCUT2D eigenvalue weighted by Crippen LogP contribution is 2.28. The topological polar surface area (TPSA) is 56.0 Å². The summed E-state index contributed by atoms with van der Waals surface area (Å²) < 4.78 is 2.59. The Morgan fingerprint density at radius 1 is 1.07 bits per heavy atom. The summed E-state index contributed by atoms with van der Waals surface area (Å²) in [6.07, 6.45) is 2.73. The van der Waals surface area contributed by atoms with E-state index in [1.807, 2.05) is 6.07 Å². The zero-order valence-electron chi connectivity index (χ0n) is 16.8. The molecule has 0 saturated heterocycles. The van der Waals surface area contributed by atoms with E-state index in [1.54, 1.807) is 24.6 Å². The largest absolute Gasteiger partial charge is 0.330 e. The van der Waals surface area contributed by atoms with Crippen LogP contribution in [0, 0.1) is 0 Å². The summed E-state index contributed by atoms with van der Waals surface area (Å²) in [7, 11) is 3.17. The van der Waals surface area contributed by atoms with Crippen LogP contribution >= 0.6 is 11.3 Å². The molecule has 148 valence electrons. The third-order valence-electron chi connectivity index (χ3n) is 5.29. The van der Waals surface area contributed by atoms with E-state index in [4.69, 9.17) is 0 Å². The van der Waals surface area contributed by atoms with Gasteiger partial charge in [0.15, 0.2) is 0 Å². The van der Waals surface area contributed by atoms with E-state index < -0.39 is 0 Å². The number of thiophene rings is 1. The van der Waals surface area contributed by atoms with Crippen LogP contribution in [-0.2, 0) is 20.6 Å². The molecule has 0 aliphatic rings. The summed E-state index contributed by atoms with van der Waals surface area (Å²) in [5.41, 5.74) is 2.50. The molecule has 28 heavy (non-hydrogen) atoms. The number of aromatic nitrogens is 2. The average molecular weight is 398 g/mol. The Morgan fingerprint density at radius 3 is 2.36 bits per heavy atom. The first kappa shape index (κ1) is 20.3. The molecule has 0 bridgehead atoms. The molecule has 2 aromatic heterocycles. The van der Waals surface area contributed by atoms with E-state index in [2.05, 4.69) is 54.9 Å². The average Bonchev–Trinajstić information content (AvgIpc) is 3.24. The van der Waals surface area contributed by atoms with Crippen LogP contribution in [0.5, 0.6) is 0 Å². The van der Waals surface area contributed by atoms with Gasteiger partial charge in [-0.25, -0.2) is 4.79 Å². The standard InChI is InChI=1S/C22H27N3O2S/c1-5-15(2)16-8-10-17(11-9-16)20(19-7-6-12-28-19)23-13-18-14-24(3)22(27)25(4)21(18)26/h6-12,14-15,20,23H,5,13H2,1-4H3. The van der Waals surface area contributed by atoms with E-state index in [0.717, 1.165) is 16.6 Å². The van der Waals surface area contributed by atoms with E-state index in [9.17, 15) is 9.59 Å². The maximum Gasteiger partial charge on any atom is 0.330 e. The van der Waals surface area contributed by atoms with Crippen molar-refractivity contribution in [2.45, 2.75) is 38.8 Å². The maximum atomic E-state index is 12.4. The highest BCUT2D eigenvalue weighted by atomic mass is 32.1. The minimum absolute atomic E-state index is 0.00655. The lowest BCUT2D eigenvalue weighted by Crippen LogP contribution is -2.39. The first-order valence-electron chi connectivity index (χ1n) is 9.54. The van der Waals surface area contributed by atoms with Crippen LogP contribution in [0.15, 0.2) is 57.6 Å². The number of hydrogen-bond acceptors (Lipinski definition) is 4. The van der Waals surface area contributed by atoms with Crippen molar-refractivity contribution in [3.63, 3.8) is 0 Å². The van der Waals surface area contributed by atoms with E-state index in [0.29, 0.717) is 18.0 Å². The molecule has 0 radical (unpaired) electrons. The third kappa shape index (κ3) is 4.18. The molecule has 2 unspecified atom stereocenters. The fourth-order valence-corrected chi connectivity index (χ4v) is 4.13. The molecule has 5 nitrogen and oxygen atoms in total. The summed E-state index contributed by atoms with van der Waals surface area (Å²) >= 11 is 1.69. The van der Waals surface area contributed by atoms with Gasteiger partial charge in [0.2, 0.25) is 0 Å². The molecule has 0 aliphatic heterocycles. The Bertz CT molecular complexity index is 1030. The van der Waals surface area contributed by atoms with Gasteiger partial charge in [0.05, 0.1) is 6.04 Å². The molecular formula is C22H27N3O2S. The van der Waals surface area contributed by atoms with E-state index in [1.165, 1.54) is 22.1 Å². The van der Waals surface area contributed by atoms with Gasteiger partial charge in [0.25, 0.3) is 5.56 Å². The summed E-state index contributed by atoms with van der Waals surface area (Å²) in [6, 6.07) is 12.8. The smallest absolute Gasteiger partial charge is 0.303 e. The van der Waals surface area contributed by atoms with Gasteiger partial charge in [-0.3, -0.25) is 9.36 Å². The first-order chi connectivity index (χ1) is 13.4. The molecular weight excluding hydrogens is 370 g/mol. The second-order valence-electron chi connectivity index (χ2n) is 7.22. The van der Waals surface area contributed by atoms with Gasteiger partial charge in [-0.05, 0) is 34.9 Å². The van der Waals surface area contributed by atoms with Crippen molar-refractivity contribution in [2.24, 2.45) is 14.1 Å². The van der Waals surface area contributed by atoms with Crippen molar-refractivity contribution >= 4 is 11.3 Å². The Hall–Kier alpha value is -2.44. The monoisotopic (exact) mass is 397 g/mol. The van der Waals surface area contributed by atoms with Gasteiger partial charge in [0, 0.05) is 37.3 Å². The molecule has 0 aliphatic carbocycles. The molecule has 2 heterocycles. The van der Waals surface area contributed by atoms with Crippen LogP contribution in [0.2, 0.25) is 0 Å². The molecule has 0 amide bonds. The molecule has 0 spiro atoms. The number of hydrogen-bond donors (Lipinski definition) is 1. The quantitative estimate of drug-likeness (QED) is 0.663. The minimum atomic E-state index is -0.316. The van der Waals surface area contributed by atoms with Crippen LogP contribution in [0.25, 0.3) is 0 Å². The predicted octanol–water partition coefficient (Wildman–Crippen LogP) is 3.54. The highest BCUT2D eigenvalue weighted by Gasteiger charge is 2.17. The van der Waals surface area contributed by atoms with E-state index >= 15 is 0 Å². The van der Waals surface area contributed by atoms with Crippen molar-refractivity contribution in [1.82, 2.24) is 14.5 Å². The first-order valence-corrected chi connectivity index (χ1v) is 10.4. The lowest BCUT2D eigenvalue weighted by molar-refractivity contribution is 0.588. The summed E-state index contributed by atoms with van der Waals surface area (Å²) in [5, 5.41) is 5.57. The molecule has 0 saturated carbocycles. The zero-order chi connectivity index (χ0) is 20.3. The van der Waals surface area contributed by atoms with Crippen LogP contribution in [0.1, 0.15) is 53.8 Å². The van der Waals surface area contributed by atoms with Crippen molar-refractivity contribution in [3.05, 3.63) is 90.4 Å². The van der Waals surface area contributed by atoms with Gasteiger partial charge in [0.1, 0.15) is 0 Å². The van der Waals surface area contributed by atoms with E-state index in [-0.39, 0.29) is 17.3 Å². The normalized spacial score (nSPS) is 13.4. The molecule has 2 atom stereocenters. The second-order valence-corrected chi connectivity index (χ2v) is 8.20. The van der Waals surface area contributed by atoms with Gasteiger partial charge in [-0.15, -0.1) is 11.3 Å². The van der Waals surface area contributed by atoms with Gasteiger partial charge in [-0.2, -0.15) is 0 Å². The number of nitrogens with zero attached hydrogens (tertiary/aromatic N) is 2. The van der Waals surface area contributed by atoms with Crippen LogP contribution in [-0.4, -0.2) is 9.13 Å². The van der Waals surface area contributed by atoms with Gasteiger partial charge in [-0.1, -0.05) is 44.2 Å². The number of aryl methyl sites for hydroxylation is 1. The van der Waals surface area contributed by atoms with Crippen molar-refractivity contribution in [2.75, 3.05) is 0 Å². The Labute approximate surface area is 169 Å². The number of nitrogens with one attached hydrogen (secondary N) is 1. The molecule has 1 N–H and O–H groups in total. The fourth-order valence-electron chi connectivity index (χ4n) is 3.31. The Kier molecular flexibility index (Phi) is 6.31. The lowest BCUT2D eigenvalue weighted by Gasteiger charge is -2.19. The van der Waals surface area contributed by atoms with Crippen LogP contribution in [0.4, 0.5) is 0 Å². The summed E-state index contributed by atoms with van der Waals surface area (Å²) in [5.74, 6) is 0.538. The van der Waals surface area contributed by atoms with Crippen molar-refractivity contribution in [1.29, 1.82) is 0 Å². The number of benzene rings is 1. The second kappa shape index (κ2) is 8.71. The van der Waals surface area contributed by atoms with Crippen LogP contribution in [0.3, 0.4) is 0 Å². The third-order valence-corrected chi connectivity index (χ3v) is 6.23. The summed E-state index contributed by atoms with van der Waals surface area (Å²) in [6.45, 7) is 4.82. The molecule has 1 aromatic carbocycles. The molecule has 0 fully saturated rings. The van der Waals surface area contributed by atoms with Crippen molar-refractivity contribution in [3.8, 4) is 0 Å². The maximum absolute atomic E-state index is 12.4. The van der Waals surface area contributed by atoms with Crippen molar-refractivity contribution < 1.29 is 0 Å². The summed E-state index contributed by atoms with van der Waals surface area (Å²) in [4.78, 5) is 25.5. The molecule has 6 heteroatoms. The predicted molar refractivity (Wildman–Crippen MR) is 115 cm³/mol. The molecule has 3 rings (SSSR count). The Morgan fingerprint density at radius 2 is 1.75 bits per heavy atom. The van der Waals surface area contributed by atoms with Crippen LogP contribution < -0.4 is 16.6 Å². The lowest BCUT2D eigenvalue weighted by atomic mass is 9.95. The molecule has 3 aromatic rings. The Balaban J connectivity index is 1.89. The zero-order valence-corrected chi connectivity index (χ0v) is 17.6. The van der Waals surface area contributed by atoms with Gasteiger partial charge < -0.3 is 9.88 Å². The SMILES string of the molecule is CCC(C)c1ccc(C(NCc2cn(C)c(=O)n(C)c2=O)c2cccs2)cc1. The number of rotatable bonds is 7. The fraction of sp³-hybridized carbons (Fsp3) is 0.364. The minimum Gasteiger partial charge on any atom is -0.303 e. The van der Waals surface area contributed by atoms with Gasteiger partial charge >= 0.3 is 5.69 Å². The highest BCUT2D eigenvalue weighted by molar-refractivity contribution is 7.10.